The highest BCUT2D eigenvalue weighted by atomic mass is 19.1. The van der Waals surface area contributed by atoms with Gasteiger partial charge in [-0.2, -0.15) is 0 Å². The Bertz CT molecular complexity index is 523. The molecule has 0 fully saturated rings. The maximum absolute atomic E-state index is 13.1. The molecule has 0 atom stereocenters. The molecule has 18 heavy (non-hydrogen) atoms. The van der Waals surface area contributed by atoms with Gasteiger partial charge in [0.05, 0.1) is 0 Å². The van der Waals surface area contributed by atoms with Crippen molar-refractivity contribution in [1.82, 2.24) is 0 Å². The molecule has 2 nitrogen and oxygen atoms in total. The second-order valence-corrected chi connectivity index (χ2v) is 4.06. The number of nitrogens with two attached hydrogens (primary N) is 1. The second-order valence-electron chi connectivity index (χ2n) is 4.06. The number of halogens is 1. The van der Waals surface area contributed by atoms with E-state index in [1.54, 1.807) is 6.07 Å². The van der Waals surface area contributed by atoms with Crippen molar-refractivity contribution < 1.29 is 9.13 Å². The van der Waals surface area contributed by atoms with Crippen molar-refractivity contribution in [3.63, 3.8) is 0 Å². The van der Waals surface area contributed by atoms with E-state index in [1.807, 2.05) is 24.3 Å². The van der Waals surface area contributed by atoms with E-state index in [9.17, 15) is 4.39 Å². The Morgan fingerprint density at radius 2 is 1.83 bits per heavy atom. The number of ether oxygens (including phenoxy) is 1. The molecule has 0 aliphatic carbocycles. The van der Waals surface area contributed by atoms with Crippen LogP contribution >= 0.6 is 0 Å². The van der Waals surface area contributed by atoms with Crippen LogP contribution in [0.5, 0.6) is 11.5 Å². The Morgan fingerprint density at radius 3 is 2.44 bits per heavy atom. The van der Waals surface area contributed by atoms with Crippen LogP contribution < -0.4 is 10.5 Å². The van der Waals surface area contributed by atoms with Crippen LogP contribution in [0, 0.1) is 5.82 Å². The lowest BCUT2D eigenvalue weighted by Gasteiger charge is -2.10. The summed E-state index contributed by atoms with van der Waals surface area (Å²) in [6.45, 7) is 2.35. The van der Waals surface area contributed by atoms with E-state index >= 15 is 0 Å². The molecule has 3 heteroatoms. The average molecular weight is 245 g/mol. The highest BCUT2D eigenvalue weighted by Crippen LogP contribution is 2.26. The first-order valence-corrected chi connectivity index (χ1v) is 5.98. The Morgan fingerprint density at radius 1 is 1.11 bits per heavy atom. The lowest BCUT2D eigenvalue weighted by molar-refractivity contribution is 0.473. The zero-order valence-electron chi connectivity index (χ0n) is 10.3. The summed E-state index contributed by atoms with van der Waals surface area (Å²) in [5, 5.41) is 0. The third-order valence-electron chi connectivity index (χ3n) is 2.80. The zero-order chi connectivity index (χ0) is 13.0. The summed E-state index contributed by atoms with van der Waals surface area (Å²) < 4.78 is 18.8. The normalized spacial score (nSPS) is 10.4. The monoisotopic (exact) mass is 245 g/mol. The molecule has 0 radical (unpaired) electrons. The minimum absolute atomic E-state index is 0.250. The topological polar surface area (TPSA) is 35.2 Å². The summed E-state index contributed by atoms with van der Waals surface area (Å²) in [6.07, 6.45) is 0.991. The van der Waals surface area contributed by atoms with E-state index < -0.39 is 0 Å². The summed E-state index contributed by atoms with van der Waals surface area (Å²) in [5.41, 5.74) is 7.48. The summed E-state index contributed by atoms with van der Waals surface area (Å²) in [5.74, 6) is 1.03. The van der Waals surface area contributed by atoms with Gasteiger partial charge >= 0.3 is 0 Å². The van der Waals surface area contributed by atoms with Gasteiger partial charge in [0.1, 0.15) is 17.3 Å². The molecule has 0 aliphatic heterocycles. The second kappa shape index (κ2) is 5.65. The van der Waals surface area contributed by atoms with Crippen LogP contribution in [0.15, 0.2) is 42.5 Å². The van der Waals surface area contributed by atoms with Gasteiger partial charge in [-0.15, -0.1) is 0 Å². The minimum Gasteiger partial charge on any atom is -0.457 e. The van der Waals surface area contributed by atoms with Crippen molar-refractivity contribution >= 4 is 0 Å². The van der Waals surface area contributed by atoms with Crippen molar-refractivity contribution in [3.8, 4) is 11.5 Å². The zero-order valence-corrected chi connectivity index (χ0v) is 10.3. The van der Waals surface area contributed by atoms with Crippen molar-refractivity contribution in [1.29, 1.82) is 0 Å². The van der Waals surface area contributed by atoms with E-state index in [0.29, 0.717) is 11.3 Å². The van der Waals surface area contributed by atoms with Crippen LogP contribution in [0.4, 0.5) is 4.39 Å². The van der Waals surface area contributed by atoms with E-state index in [4.69, 9.17) is 10.5 Å². The number of hydrogen-bond acceptors (Lipinski definition) is 2. The Balaban J connectivity index is 2.22. The Kier molecular flexibility index (Phi) is 3.95. The Labute approximate surface area is 106 Å². The molecular weight excluding hydrogens is 229 g/mol. The lowest BCUT2D eigenvalue weighted by Crippen LogP contribution is -2.00. The SMILES string of the molecule is CCc1ccc(Oc2ccc(F)cc2CN)cc1. The maximum Gasteiger partial charge on any atom is 0.132 e. The first kappa shape index (κ1) is 12.6. The molecule has 0 saturated heterocycles. The number of benzene rings is 2. The molecule has 2 aromatic rings. The fraction of sp³-hybridized carbons (Fsp3) is 0.200. The van der Waals surface area contributed by atoms with Crippen molar-refractivity contribution in [2.75, 3.05) is 0 Å². The third-order valence-corrected chi connectivity index (χ3v) is 2.80. The first-order valence-electron chi connectivity index (χ1n) is 5.98. The molecule has 0 heterocycles. The fourth-order valence-corrected chi connectivity index (χ4v) is 1.73. The smallest absolute Gasteiger partial charge is 0.132 e. The quantitative estimate of drug-likeness (QED) is 0.892. The summed E-state index contributed by atoms with van der Waals surface area (Å²) >= 11 is 0. The summed E-state index contributed by atoms with van der Waals surface area (Å²) in [6, 6.07) is 12.2. The standard InChI is InChI=1S/C15H16FNO/c1-2-11-3-6-14(7-4-11)18-15-8-5-13(16)9-12(15)10-17/h3-9H,2,10,17H2,1H3. The van der Waals surface area contributed by atoms with Crippen LogP contribution in [0.1, 0.15) is 18.1 Å². The molecule has 0 amide bonds. The van der Waals surface area contributed by atoms with Gasteiger partial charge in [0.15, 0.2) is 0 Å². The van der Waals surface area contributed by atoms with Gasteiger partial charge in [0.25, 0.3) is 0 Å². The molecule has 2 rings (SSSR count). The average Bonchev–Trinajstić information content (AvgIpc) is 2.41. The minimum atomic E-state index is -0.302. The van der Waals surface area contributed by atoms with Crippen LogP contribution in [0.2, 0.25) is 0 Å². The van der Waals surface area contributed by atoms with Crippen LogP contribution in [0.25, 0.3) is 0 Å². The lowest BCUT2D eigenvalue weighted by atomic mass is 10.1. The number of hydrogen-bond donors (Lipinski definition) is 1. The van der Waals surface area contributed by atoms with Gasteiger partial charge < -0.3 is 10.5 Å². The van der Waals surface area contributed by atoms with Gasteiger partial charge in [-0.1, -0.05) is 19.1 Å². The molecule has 0 aromatic heterocycles. The van der Waals surface area contributed by atoms with E-state index in [2.05, 4.69) is 6.92 Å². The maximum atomic E-state index is 13.1. The molecule has 0 bridgehead atoms. The molecule has 2 N–H and O–H groups in total. The van der Waals surface area contributed by atoms with E-state index in [1.165, 1.54) is 17.7 Å². The van der Waals surface area contributed by atoms with E-state index in [0.717, 1.165) is 12.2 Å². The molecule has 0 aliphatic rings. The van der Waals surface area contributed by atoms with Gasteiger partial charge in [-0.3, -0.25) is 0 Å². The third kappa shape index (κ3) is 2.87. The summed E-state index contributed by atoms with van der Waals surface area (Å²) in [7, 11) is 0. The largest absolute Gasteiger partial charge is 0.457 e. The van der Waals surface area contributed by atoms with Gasteiger partial charge in [-0.05, 0) is 42.3 Å². The highest BCUT2D eigenvalue weighted by molar-refractivity contribution is 5.38. The van der Waals surface area contributed by atoms with Crippen molar-refractivity contribution in [2.24, 2.45) is 5.73 Å². The molecule has 94 valence electrons. The molecule has 2 aromatic carbocycles. The van der Waals surface area contributed by atoms with Crippen LogP contribution in [-0.2, 0) is 13.0 Å². The molecule has 0 unspecified atom stereocenters. The Hall–Kier alpha value is -1.87. The fourth-order valence-electron chi connectivity index (χ4n) is 1.73. The highest BCUT2D eigenvalue weighted by Gasteiger charge is 2.05. The number of aryl methyl sites for hydroxylation is 1. The van der Waals surface area contributed by atoms with Crippen molar-refractivity contribution in [3.05, 3.63) is 59.4 Å². The number of rotatable bonds is 4. The van der Waals surface area contributed by atoms with Crippen molar-refractivity contribution in [2.45, 2.75) is 19.9 Å². The van der Waals surface area contributed by atoms with E-state index in [-0.39, 0.29) is 12.4 Å². The van der Waals surface area contributed by atoms with Gasteiger partial charge in [0, 0.05) is 12.1 Å². The predicted molar refractivity (Wildman–Crippen MR) is 70.2 cm³/mol. The molecular formula is C15H16FNO. The summed E-state index contributed by atoms with van der Waals surface area (Å²) in [4.78, 5) is 0. The molecule has 0 spiro atoms. The van der Waals surface area contributed by atoms with Crippen LogP contribution in [-0.4, -0.2) is 0 Å². The van der Waals surface area contributed by atoms with Gasteiger partial charge in [-0.25, -0.2) is 4.39 Å². The predicted octanol–water partition coefficient (Wildman–Crippen LogP) is 3.64. The first-order chi connectivity index (χ1) is 8.72. The van der Waals surface area contributed by atoms with Gasteiger partial charge in [0.2, 0.25) is 0 Å². The molecule has 0 saturated carbocycles. The van der Waals surface area contributed by atoms with Crippen LogP contribution in [0.3, 0.4) is 0 Å².